The maximum Gasteiger partial charge on any atom is 0.263 e. The molecule has 1 unspecified atom stereocenters. The van der Waals surface area contributed by atoms with Gasteiger partial charge in [0, 0.05) is 38.2 Å². The van der Waals surface area contributed by atoms with Crippen molar-refractivity contribution in [2.45, 2.75) is 38.7 Å². The summed E-state index contributed by atoms with van der Waals surface area (Å²) < 4.78 is 31.7. The van der Waals surface area contributed by atoms with E-state index in [9.17, 15) is 18.4 Å². The van der Waals surface area contributed by atoms with Gasteiger partial charge in [-0.1, -0.05) is 0 Å². The Labute approximate surface area is 151 Å². The van der Waals surface area contributed by atoms with Crippen LogP contribution in [-0.2, 0) is 9.59 Å². The lowest BCUT2D eigenvalue weighted by Crippen LogP contribution is -2.47. The lowest BCUT2D eigenvalue weighted by Gasteiger charge is -2.34. The van der Waals surface area contributed by atoms with Gasteiger partial charge in [0.2, 0.25) is 5.91 Å². The molecule has 1 aromatic rings. The van der Waals surface area contributed by atoms with Crippen LogP contribution in [0.25, 0.3) is 0 Å². The number of rotatable bonds is 4. The van der Waals surface area contributed by atoms with Gasteiger partial charge in [-0.15, -0.1) is 0 Å². The summed E-state index contributed by atoms with van der Waals surface area (Å²) in [5.74, 6) is -1.87. The number of hydrogen-bond donors (Lipinski definition) is 0. The van der Waals surface area contributed by atoms with Gasteiger partial charge in [0.1, 0.15) is 5.75 Å². The quantitative estimate of drug-likeness (QED) is 0.823. The van der Waals surface area contributed by atoms with Gasteiger partial charge < -0.3 is 14.5 Å². The van der Waals surface area contributed by atoms with Crippen LogP contribution in [0.4, 0.5) is 8.78 Å². The molecule has 2 amide bonds. The van der Waals surface area contributed by atoms with Crippen LogP contribution < -0.4 is 4.74 Å². The average Bonchev–Trinajstić information content (AvgIpc) is 3.18. The highest BCUT2D eigenvalue weighted by atomic mass is 19.2. The Kier molecular flexibility index (Phi) is 5.74. The van der Waals surface area contributed by atoms with E-state index in [-0.39, 0.29) is 23.5 Å². The SMILES string of the molecule is CC(Oc1ccc(F)c(F)c1)C(=O)N1CCC(C(=O)N2CCCC2)CC1. The molecule has 7 heteroatoms. The van der Waals surface area contributed by atoms with Crippen LogP contribution in [0.5, 0.6) is 5.75 Å². The third-order valence-corrected chi connectivity index (χ3v) is 5.13. The molecule has 3 rings (SSSR count). The summed E-state index contributed by atoms with van der Waals surface area (Å²) in [6, 6.07) is 3.19. The highest BCUT2D eigenvalue weighted by molar-refractivity contribution is 5.82. The van der Waals surface area contributed by atoms with Crippen molar-refractivity contribution in [1.29, 1.82) is 0 Å². The molecule has 142 valence electrons. The standard InChI is InChI=1S/C19H24F2N2O3/c1-13(26-15-4-5-16(20)17(21)12-15)18(24)23-10-6-14(7-11-23)19(25)22-8-2-3-9-22/h4-5,12-14H,2-3,6-11H2,1H3. The molecule has 2 aliphatic heterocycles. The molecule has 26 heavy (non-hydrogen) atoms. The number of piperidine rings is 1. The molecule has 2 fully saturated rings. The number of amides is 2. The number of benzene rings is 1. The minimum absolute atomic E-state index is 0.0143. The van der Waals surface area contributed by atoms with Crippen molar-refractivity contribution in [1.82, 2.24) is 9.80 Å². The molecular formula is C19H24F2N2O3. The number of nitrogens with zero attached hydrogens (tertiary/aromatic N) is 2. The Hall–Kier alpha value is -2.18. The van der Waals surface area contributed by atoms with E-state index in [4.69, 9.17) is 4.74 Å². The van der Waals surface area contributed by atoms with E-state index in [1.165, 1.54) is 6.07 Å². The van der Waals surface area contributed by atoms with Gasteiger partial charge in [0.05, 0.1) is 0 Å². The zero-order chi connectivity index (χ0) is 18.7. The molecule has 0 spiro atoms. The first-order valence-electron chi connectivity index (χ1n) is 9.15. The van der Waals surface area contributed by atoms with Crippen LogP contribution in [0.2, 0.25) is 0 Å². The zero-order valence-electron chi connectivity index (χ0n) is 14.9. The zero-order valence-corrected chi connectivity index (χ0v) is 14.9. The lowest BCUT2D eigenvalue weighted by molar-refractivity contribution is -0.143. The second-order valence-corrected chi connectivity index (χ2v) is 6.97. The van der Waals surface area contributed by atoms with Gasteiger partial charge in [-0.2, -0.15) is 0 Å². The third kappa shape index (κ3) is 4.14. The second-order valence-electron chi connectivity index (χ2n) is 6.97. The maximum atomic E-state index is 13.2. The first kappa shape index (κ1) is 18.6. The van der Waals surface area contributed by atoms with Crippen molar-refractivity contribution in [3.63, 3.8) is 0 Å². The van der Waals surface area contributed by atoms with Crippen molar-refractivity contribution in [3.05, 3.63) is 29.8 Å². The van der Waals surface area contributed by atoms with Gasteiger partial charge in [-0.25, -0.2) is 8.78 Å². The van der Waals surface area contributed by atoms with E-state index < -0.39 is 17.7 Å². The Balaban J connectivity index is 1.50. The summed E-state index contributed by atoms with van der Waals surface area (Å²) in [6.45, 7) is 4.29. The van der Waals surface area contributed by atoms with Crippen molar-refractivity contribution < 1.29 is 23.1 Å². The van der Waals surface area contributed by atoms with E-state index in [0.29, 0.717) is 25.9 Å². The molecule has 0 saturated carbocycles. The number of likely N-dealkylation sites (tertiary alicyclic amines) is 2. The summed E-state index contributed by atoms with van der Waals surface area (Å²) in [5, 5.41) is 0. The molecule has 2 heterocycles. The number of hydrogen-bond acceptors (Lipinski definition) is 3. The first-order valence-corrected chi connectivity index (χ1v) is 9.15. The molecule has 0 radical (unpaired) electrons. The van der Waals surface area contributed by atoms with E-state index in [1.54, 1.807) is 11.8 Å². The summed E-state index contributed by atoms with van der Waals surface area (Å²) in [5.41, 5.74) is 0. The smallest absolute Gasteiger partial charge is 0.263 e. The number of carbonyl (C=O) groups excluding carboxylic acids is 2. The maximum absolute atomic E-state index is 13.2. The molecular weight excluding hydrogens is 342 g/mol. The molecule has 1 atom stereocenters. The van der Waals surface area contributed by atoms with Crippen LogP contribution in [0, 0.1) is 17.6 Å². The van der Waals surface area contributed by atoms with Gasteiger partial charge in [-0.05, 0) is 44.7 Å². The van der Waals surface area contributed by atoms with Gasteiger partial charge in [-0.3, -0.25) is 9.59 Å². The van der Waals surface area contributed by atoms with Gasteiger partial charge >= 0.3 is 0 Å². The van der Waals surface area contributed by atoms with Crippen LogP contribution in [0.1, 0.15) is 32.6 Å². The van der Waals surface area contributed by atoms with Crippen molar-refractivity contribution in [3.8, 4) is 5.75 Å². The monoisotopic (exact) mass is 366 g/mol. The fourth-order valence-corrected chi connectivity index (χ4v) is 3.60. The summed E-state index contributed by atoms with van der Waals surface area (Å²) in [6.07, 6.45) is 2.65. The van der Waals surface area contributed by atoms with Gasteiger partial charge in [0.15, 0.2) is 17.7 Å². The Morgan fingerprint density at radius 2 is 1.69 bits per heavy atom. The molecule has 1 aromatic carbocycles. The van der Waals surface area contributed by atoms with Crippen LogP contribution in [0.3, 0.4) is 0 Å². The summed E-state index contributed by atoms with van der Waals surface area (Å²) in [7, 11) is 0. The summed E-state index contributed by atoms with van der Waals surface area (Å²) >= 11 is 0. The van der Waals surface area contributed by atoms with Crippen LogP contribution in [-0.4, -0.2) is 53.9 Å². The normalized spacial score (nSPS) is 19.5. The van der Waals surface area contributed by atoms with E-state index in [1.807, 2.05) is 4.90 Å². The summed E-state index contributed by atoms with van der Waals surface area (Å²) in [4.78, 5) is 28.6. The van der Waals surface area contributed by atoms with Crippen molar-refractivity contribution >= 4 is 11.8 Å². The van der Waals surface area contributed by atoms with Gasteiger partial charge in [0.25, 0.3) is 5.91 Å². The van der Waals surface area contributed by atoms with E-state index in [2.05, 4.69) is 0 Å². The third-order valence-electron chi connectivity index (χ3n) is 5.13. The average molecular weight is 366 g/mol. The number of halogens is 2. The predicted molar refractivity (Wildman–Crippen MR) is 91.6 cm³/mol. The Morgan fingerprint density at radius 1 is 1.04 bits per heavy atom. The van der Waals surface area contributed by atoms with E-state index in [0.717, 1.165) is 38.1 Å². The number of ether oxygens (including phenoxy) is 1. The van der Waals surface area contributed by atoms with Crippen molar-refractivity contribution in [2.75, 3.05) is 26.2 Å². The highest BCUT2D eigenvalue weighted by Crippen LogP contribution is 2.23. The molecule has 0 aromatic heterocycles. The Bertz CT molecular complexity index is 669. The number of carbonyl (C=O) groups is 2. The molecule has 0 aliphatic carbocycles. The fraction of sp³-hybridized carbons (Fsp3) is 0.579. The largest absolute Gasteiger partial charge is 0.481 e. The molecule has 0 bridgehead atoms. The van der Waals surface area contributed by atoms with E-state index >= 15 is 0 Å². The molecule has 0 N–H and O–H groups in total. The van der Waals surface area contributed by atoms with Crippen LogP contribution in [0.15, 0.2) is 18.2 Å². The lowest BCUT2D eigenvalue weighted by atomic mass is 9.95. The van der Waals surface area contributed by atoms with Crippen LogP contribution >= 0.6 is 0 Å². The second kappa shape index (κ2) is 8.01. The Morgan fingerprint density at radius 3 is 2.31 bits per heavy atom. The minimum atomic E-state index is -1.01. The topological polar surface area (TPSA) is 49.9 Å². The molecule has 5 nitrogen and oxygen atoms in total. The first-order chi connectivity index (χ1) is 12.5. The highest BCUT2D eigenvalue weighted by Gasteiger charge is 2.32. The van der Waals surface area contributed by atoms with Crippen molar-refractivity contribution in [2.24, 2.45) is 5.92 Å². The fourth-order valence-electron chi connectivity index (χ4n) is 3.60. The molecule has 2 saturated heterocycles. The molecule has 2 aliphatic rings. The minimum Gasteiger partial charge on any atom is -0.481 e. The predicted octanol–water partition coefficient (Wildman–Crippen LogP) is 2.59.